The summed E-state index contributed by atoms with van der Waals surface area (Å²) in [7, 11) is 0. The minimum absolute atomic E-state index is 0.188. The highest BCUT2D eigenvalue weighted by Gasteiger charge is 2.33. The van der Waals surface area contributed by atoms with Crippen LogP contribution in [0.1, 0.15) is 23.4 Å². The molecule has 3 nitrogen and oxygen atoms in total. The first-order chi connectivity index (χ1) is 9.41. The molecule has 1 N–H and O–H groups in total. The molecule has 0 radical (unpaired) electrons. The van der Waals surface area contributed by atoms with Crippen LogP contribution in [-0.2, 0) is 15.7 Å². The summed E-state index contributed by atoms with van der Waals surface area (Å²) in [4.78, 5) is 11.6. The molecular formula is C13H14F3NO2S. The summed E-state index contributed by atoms with van der Waals surface area (Å²) in [6.45, 7) is 2.04. The number of hydrogen-bond donors (Lipinski definition) is 1. The zero-order valence-corrected chi connectivity index (χ0v) is 11.6. The van der Waals surface area contributed by atoms with Gasteiger partial charge in [-0.1, -0.05) is 12.1 Å². The second kappa shape index (κ2) is 6.05. The van der Waals surface area contributed by atoms with Gasteiger partial charge in [-0.05, 0) is 24.6 Å². The van der Waals surface area contributed by atoms with E-state index in [2.05, 4.69) is 5.32 Å². The number of carbonyl (C=O) groups excluding carboxylic acids is 1. The number of carbonyl (C=O) groups is 1. The van der Waals surface area contributed by atoms with Crippen LogP contribution in [0, 0.1) is 0 Å². The van der Waals surface area contributed by atoms with E-state index in [1.54, 1.807) is 6.92 Å². The summed E-state index contributed by atoms with van der Waals surface area (Å²) in [5, 5.41) is 2.87. The van der Waals surface area contributed by atoms with Crippen molar-refractivity contribution in [2.24, 2.45) is 0 Å². The summed E-state index contributed by atoms with van der Waals surface area (Å²) < 4.78 is 42.3. The topological polar surface area (TPSA) is 38.3 Å². The first kappa shape index (κ1) is 15.2. The van der Waals surface area contributed by atoms with Gasteiger partial charge in [0.05, 0.1) is 17.5 Å². The number of alkyl halides is 3. The van der Waals surface area contributed by atoms with Crippen LogP contribution in [-0.4, -0.2) is 24.4 Å². The Kier molecular flexibility index (Phi) is 4.59. The maximum atomic E-state index is 12.5. The molecule has 1 unspecified atom stereocenters. The first-order valence-corrected chi connectivity index (χ1v) is 7.18. The number of ether oxygens (including phenoxy) is 1. The van der Waals surface area contributed by atoms with Crippen LogP contribution in [0.4, 0.5) is 13.2 Å². The summed E-state index contributed by atoms with van der Waals surface area (Å²) in [5.74, 6) is 0.222. The lowest BCUT2D eigenvalue weighted by Crippen LogP contribution is -2.35. The largest absolute Gasteiger partial charge is 0.465 e. The molecule has 0 spiro atoms. The zero-order chi connectivity index (χ0) is 14.8. The average Bonchev–Trinajstić information content (AvgIpc) is 2.88. The van der Waals surface area contributed by atoms with E-state index in [0.717, 1.165) is 17.7 Å². The Hall–Kier alpha value is -1.21. The van der Waals surface area contributed by atoms with E-state index in [1.165, 1.54) is 23.9 Å². The fraction of sp³-hybridized carbons (Fsp3) is 0.462. The number of nitrogens with one attached hydrogen (secondary N) is 1. The summed E-state index contributed by atoms with van der Waals surface area (Å²) >= 11 is 1.48. The number of hydrogen-bond acceptors (Lipinski definition) is 4. The summed E-state index contributed by atoms with van der Waals surface area (Å²) in [6.07, 6.45) is -4.33. The number of thioether (sulfide) groups is 1. The Morgan fingerprint density at radius 3 is 2.60 bits per heavy atom. The molecule has 2 rings (SSSR count). The predicted octanol–water partition coefficient (Wildman–Crippen LogP) is 2.97. The molecule has 1 fully saturated rings. The van der Waals surface area contributed by atoms with Crippen LogP contribution in [0.2, 0.25) is 0 Å². The highest BCUT2D eigenvalue weighted by atomic mass is 32.2. The Bertz CT molecular complexity index is 475. The van der Waals surface area contributed by atoms with E-state index in [4.69, 9.17) is 4.74 Å². The van der Waals surface area contributed by atoms with Gasteiger partial charge < -0.3 is 4.74 Å². The molecule has 0 amide bonds. The molecule has 0 aromatic heterocycles. The van der Waals surface area contributed by atoms with Crippen LogP contribution in [0.15, 0.2) is 24.3 Å². The fourth-order valence-corrected chi connectivity index (χ4v) is 3.12. The van der Waals surface area contributed by atoms with Crippen LogP contribution >= 0.6 is 11.8 Å². The lowest BCUT2D eigenvalue weighted by molar-refractivity contribution is -0.144. The van der Waals surface area contributed by atoms with Crippen molar-refractivity contribution in [2.75, 3.05) is 12.4 Å². The standard InChI is InChI=1S/C13H14F3NO2S/c1-2-19-12(18)10-7-20-11(17-10)8-3-5-9(6-4-8)13(14,15)16/h3-6,10-11,17H,2,7H2,1H3/t10-,11?/m0/s1. The molecule has 0 bridgehead atoms. The molecular weight excluding hydrogens is 291 g/mol. The number of halogens is 3. The van der Waals surface area contributed by atoms with Crippen molar-refractivity contribution in [3.8, 4) is 0 Å². The third-order valence-electron chi connectivity index (χ3n) is 2.89. The molecule has 1 aromatic carbocycles. The van der Waals surface area contributed by atoms with Gasteiger partial charge in [0.25, 0.3) is 0 Å². The van der Waals surface area contributed by atoms with Crippen molar-refractivity contribution in [2.45, 2.75) is 24.5 Å². The van der Waals surface area contributed by atoms with Crippen molar-refractivity contribution in [3.05, 3.63) is 35.4 Å². The van der Waals surface area contributed by atoms with Gasteiger partial charge >= 0.3 is 12.1 Å². The van der Waals surface area contributed by atoms with Gasteiger partial charge in [0.2, 0.25) is 0 Å². The van der Waals surface area contributed by atoms with Crippen LogP contribution in [0.5, 0.6) is 0 Å². The highest BCUT2D eigenvalue weighted by molar-refractivity contribution is 7.99. The third-order valence-corrected chi connectivity index (χ3v) is 4.16. The molecule has 2 atom stereocenters. The minimum atomic E-state index is -4.33. The number of esters is 1. The first-order valence-electron chi connectivity index (χ1n) is 6.13. The molecule has 1 heterocycles. The normalized spacial score (nSPS) is 22.8. The maximum Gasteiger partial charge on any atom is 0.416 e. The molecule has 20 heavy (non-hydrogen) atoms. The SMILES string of the molecule is CCOC(=O)[C@@H]1CSC(c2ccc(C(F)(F)F)cc2)N1. The Balaban J connectivity index is 2.02. The minimum Gasteiger partial charge on any atom is -0.465 e. The molecule has 1 aromatic rings. The summed E-state index contributed by atoms with van der Waals surface area (Å²) in [5.41, 5.74) is 0.0426. The zero-order valence-electron chi connectivity index (χ0n) is 10.7. The van der Waals surface area contributed by atoms with E-state index in [-0.39, 0.29) is 11.3 Å². The smallest absolute Gasteiger partial charge is 0.416 e. The van der Waals surface area contributed by atoms with Gasteiger partial charge in [-0.2, -0.15) is 13.2 Å². The van der Waals surface area contributed by atoms with E-state index in [0.29, 0.717) is 12.4 Å². The maximum absolute atomic E-state index is 12.5. The Morgan fingerprint density at radius 1 is 1.40 bits per heavy atom. The van der Waals surface area contributed by atoms with Crippen LogP contribution in [0.3, 0.4) is 0 Å². The molecule has 1 aliphatic heterocycles. The molecule has 0 saturated carbocycles. The number of benzene rings is 1. The summed E-state index contributed by atoms with van der Waals surface area (Å²) in [6, 6.07) is 4.55. The predicted molar refractivity (Wildman–Crippen MR) is 70.2 cm³/mol. The number of rotatable bonds is 3. The fourth-order valence-electron chi connectivity index (χ4n) is 1.89. The van der Waals surface area contributed by atoms with Crippen molar-refractivity contribution < 1.29 is 22.7 Å². The lowest BCUT2D eigenvalue weighted by Gasteiger charge is -2.14. The van der Waals surface area contributed by atoms with Crippen molar-refractivity contribution in [1.29, 1.82) is 0 Å². The Labute approximate surface area is 118 Å². The van der Waals surface area contributed by atoms with Crippen LogP contribution < -0.4 is 5.32 Å². The van der Waals surface area contributed by atoms with Gasteiger partial charge in [-0.15, -0.1) is 11.8 Å². The van der Waals surface area contributed by atoms with Crippen molar-refractivity contribution >= 4 is 17.7 Å². The van der Waals surface area contributed by atoms with Gasteiger partial charge in [0.15, 0.2) is 0 Å². The Morgan fingerprint density at radius 2 is 2.05 bits per heavy atom. The highest BCUT2D eigenvalue weighted by Crippen LogP contribution is 2.35. The van der Waals surface area contributed by atoms with Gasteiger partial charge in [-0.3, -0.25) is 10.1 Å². The van der Waals surface area contributed by atoms with Gasteiger partial charge in [0, 0.05) is 5.75 Å². The molecule has 1 saturated heterocycles. The van der Waals surface area contributed by atoms with Crippen molar-refractivity contribution in [3.63, 3.8) is 0 Å². The molecule has 7 heteroatoms. The van der Waals surface area contributed by atoms with Crippen LogP contribution in [0.25, 0.3) is 0 Å². The quantitative estimate of drug-likeness (QED) is 0.871. The van der Waals surface area contributed by atoms with Gasteiger partial charge in [-0.25, -0.2) is 0 Å². The van der Waals surface area contributed by atoms with E-state index < -0.39 is 17.8 Å². The third kappa shape index (κ3) is 3.46. The van der Waals surface area contributed by atoms with E-state index in [9.17, 15) is 18.0 Å². The monoisotopic (exact) mass is 305 g/mol. The average molecular weight is 305 g/mol. The van der Waals surface area contributed by atoms with Gasteiger partial charge in [0.1, 0.15) is 6.04 Å². The second-order valence-corrected chi connectivity index (χ2v) is 5.44. The second-order valence-electron chi connectivity index (χ2n) is 4.30. The molecule has 110 valence electrons. The van der Waals surface area contributed by atoms with E-state index in [1.807, 2.05) is 0 Å². The lowest BCUT2D eigenvalue weighted by atomic mass is 10.1. The molecule has 0 aliphatic carbocycles. The van der Waals surface area contributed by atoms with Crippen molar-refractivity contribution in [1.82, 2.24) is 5.32 Å². The van der Waals surface area contributed by atoms with E-state index >= 15 is 0 Å². The molecule has 1 aliphatic rings.